The number of hydrogen-bond acceptors (Lipinski definition) is 6. The van der Waals surface area contributed by atoms with E-state index in [0.29, 0.717) is 12.2 Å². The fourth-order valence-corrected chi connectivity index (χ4v) is 2.71. The predicted molar refractivity (Wildman–Crippen MR) is 90.2 cm³/mol. The van der Waals surface area contributed by atoms with Crippen molar-refractivity contribution in [1.29, 1.82) is 0 Å². The Labute approximate surface area is 149 Å². The summed E-state index contributed by atoms with van der Waals surface area (Å²) in [5.74, 6) is -1.10. The number of benzene rings is 1. The van der Waals surface area contributed by atoms with Crippen molar-refractivity contribution in [3.05, 3.63) is 39.9 Å². The summed E-state index contributed by atoms with van der Waals surface area (Å²) in [7, 11) is 1.50. The lowest BCUT2D eigenvalue weighted by molar-refractivity contribution is -0.384. The SMILES string of the molecule is COC[C@@H](C)NC(=O)CN1C(=O)N[C@@](C)(c2ccc([N+](=O)[O-])cc2)C1=O. The van der Waals surface area contributed by atoms with E-state index in [1.807, 2.05) is 0 Å². The smallest absolute Gasteiger partial charge is 0.325 e. The molecule has 10 nitrogen and oxygen atoms in total. The summed E-state index contributed by atoms with van der Waals surface area (Å²) in [5.41, 5.74) is -1.14. The fraction of sp³-hybridized carbons (Fsp3) is 0.438. The molecule has 0 radical (unpaired) electrons. The molecule has 2 rings (SSSR count). The van der Waals surface area contributed by atoms with Crippen molar-refractivity contribution in [2.75, 3.05) is 20.3 Å². The highest BCUT2D eigenvalue weighted by Crippen LogP contribution is 2.29. The van der Waals surface area contributed by atoms with Gasteiger partial charge in [0.25, 0.3) is 11.6 Å². The van der Waals surface area contributed by atoms with Crippen molar-refractivity contribution in [3.63, 3.8) is 0 Å². The number of nitro groups is 1. The van der Waals surface area contributed by atoms with Crippen LogP contribution < -0.4 is 10.6 Å². The second-order valence-corrected chi connectivity index (χ2v) is 6.17. The van der Waals surface area contributed by atoms with Gasteiger partial charge < -0.3 is 15.4 Å². The summed E-state index contributed by atoms with van der Waals surface area (Å²) in [6, 6.07) is 4.34. The number of amides is 4. The van der Waals surface area contributed by atoms with E-state index in [2.05, 4.69) is 10.6 Å². The van der Waals surface area contributed by atoms with Crippen LogP contribution in [0, 0.1) is 10.1 Å². The molecule has 2 N–H and O–H groups in total. The molecule has 1 fully saturated rings. The number of nitrogens with one attached hydrogen (secondary N) is 2. The maximum Gasteiger partial charge on any atom is 0.325 e. The van der Waals surface area contributed by atoms with E-state index < -0.39 is 34.9 Å². The highest BCUT2D eigenvalue weighted by molar-refractivity contribution is 6.09. The Balaban J connectivity index is 2.14. The first-order valence-electron chi connectivity index (χ1n) is 7.86. The van der Waals surface area contributed by atoms with E-state index in [9.17, 15) is 24.5 Å². The molecule has 0 unspecified atom stereocenters. The minimum absolute atomic E-state index is 0.127. The Hall–Kier alpha value is -3.01. The van der Waals surface area contributed by atoms with Gasteiger partial charge >= 0.3 is 6.03 Å². The normalized spacial score (nSPS) is 20.7. The lowest BCUT2D eigenvalue weighted by atomic mass is 9.92. The number of carbonyl (C=O) groups excluding carboxylic acids is 3. The van der Waals surface area contributed by atoms with Gasteiger partial charge in [-0.1, -0.05) is 0 Å². The van der Waals surface area contributed by atoms with Gasteiger partial charge in [0.2, 0.25) is 5.91 Å². The third kappa shape index (κ3) is 3.80. The third-order valence-corrected chi connectivity index (χ3v) is 4.06. The largest absolute Gasteiger partial charge is 0.383 e. The molecule has 1 aromatic rings. The summed E-state index contributed by atoms with van der Waals surface area (Å²) < 4.78 is 4.91. The lowest BCUT2D eigenvalue weighted by Gasteiger charge is -2.22. The molecule has 0 saturated carbocycles. The maximum atomic E-state index is 12.7. The Kier molecular flexibility index (Phi) is 5.56. The fourth-order valence-electron chi connectivity index (χ4n) is 2.71. The Morgan fingerprint density at radius 3 is 2.54 bits per heavy atom. The molecule has 140 valence electrons. The van der Waals surface area contributed by atoms with Crippen molar-refractivity contribution in [2.45, 2.75) is 25.4 Å². The lowest BCUT2D eigenvalue weighted by Crippen LogP contribution is -2.45. The molecule has 0 bridgehead atoms. The van der Waals surface area contributed by atoms with Crippen LogP contribution in [0.1, 0.15) is 19.4 Å². The number of nitro benzene ring substituents is 1. The quantitative estimate of drug-likeness (QED) is 0.412. The van der Waals surface area contributed by atoms with Crippen molar-refractivity contribution in [2.24, 2.45) is 0 Å². The highest BCUT2D eigenvalue weighted by Gasteiger charge is 2.49. The van der Waals surface area contributed by atoms with E-state index >= 15 is 0 Å². The number of methoxy groups -OCH3 is 1. The van der Waals surface area contributed by atoms with Gasteiger partial charge in [-0.15, -0.1) is 0 Å². The predicted octanol–water partition coefficient (Wildman–Crippen LogP) is 0.513. The third-order valence-electron chi connectivity index (χ3n) is 4.06. The van der Waals surface area contributed by atoms with Crippen molar-refractivity contribution in [1.82, 2.24) is 15.5 Å². The Morgan fingerprint density at radius 1 is 1.38 bits per heavy atom. The minimum Gasteiger partial charge on any atom is -0.383 e. The first-order valence-corrected chi connectivity index (χ1v) is 7.86. The minimum atomic E-state index is -1.40. The molecular formula is C16H20N4O6. The number of ether oxygens (including phenoxy) is 1. The van der Waals surface area contributed by atoms with Gasteiger partial charge in [-0.3, -0.25) is 24.6 Å². The summed E-state index contributed by atoms with van der Waals surface area (Å²) in [6.07, 6.45) is 0. The second-order valence-electron chi connectivity index (χ2n) is 6.17. The van der Waals surface area contributed by atoms with E-state index in [1.165, 1.54) is 38.3 Å². The first-order chi connectivity index (χ1) is 12.2. The number of imide groups is 1. The molecule has 0 aromatic heterocycles. The zero-order valence-electron chi connectivity index (χ0n) is 14.6. The summed E-state index contributed by atoms with van der Waals surface area (Å²) in [6.45, 7) is 3.09. The van der Waals surface area contributed by atoms with E-state index in [1.54, 1.807) is 6.92 Å². The van der Waals surface area contributed by atoms with Gasteiger partial charge in [-0.05, 0) is 31.5 Å². The number of urea groups is 1. The van der Waals surface area contributed by atoms with Crippen LogP contribution in [0.25, 0.3) is 0 Å². The topological polar surface area (TPSA) is 131 Å². The van der Waals surface area contributed by atoms with Crippen LogP contribution in [0.15, 0.2) is 24.3 Å². The van der Waals surface area contributed by atoms with Crippen LogP contribution in [0.4, 0.5) is 10.5 Å². The molecule has 1 aromatic carbocycles. The molecule has 1 saturated heterocycles. The number of rotatable bonds is 7. The van der Waals surface area contributed by atoms with Gasteiger partial charge in [-0.2, -0.15) is 0 Å². The first kappa shape index (κ1) is 19.3. The number of carbonyl (C=O) groups is 3. The monoisotopic (exact) mass is 364 g/mol. The van der Waals surface area contributed by atoms with Crippen molar-refractivity contribution in [3.8, 4) is 0 Å². The molecule has 26 heavy (non-hydrogen) atoms. The molecule has 4 amide bonds. The molecular weight excluding hydrogens is 344 g/mol. The Bertz CT molecular complexity index is 735. The second kappa shape index (κ2) is 7.48. The van der Waals surface area contributed by atoms with Crippen LogP contribution in [-0.2, 0) is 19.9 Å². The standard InChI is InChI=1S/C16H20N4O6/c1-10(9-26-3)17-13(21)8-19-14(22)16(2,18-15(19)23)11-4-6-12(7-5-11)20(24)25/h4-7,10H,8-9H2,1-3H3,(H,17,21)(H,18,23)/t10-,16+/m1/s1. The molecule has 2 atom stereocenters. The van der Waals surface area contributed by atoms with Crippen LogP contribution >= 0.6 is 0 Å². The number of non-ortho nitro benzene ring substituents is 1. The van der Waals surface area contributed by atoms with Crippen LogP contribution in [0.5, 0.6) is 0 Å². The van der Waals surface area contributed by atoms with Crippen molar-refractivity contribution >= 4 is 23.5 Å². The van der Waals surface area contributed by atoms with Crippen LogP contribution in [0.2, 0.25) is 0 Å². The number of hydrogen-bond donors (Lipinski definition) is 2. The van der Waals surface area contributed by atoms with E-state index in [0.717, 1.165) is 4.90 Å². The highest BCUT2D eigenvalue weighted by atomic mass is 16.6. The van der Waals surface area contributed by atoms with Crippen LogP contribution in [-0.4, -0.2) is 54.0 Å². The molecule has 10 heteroatoms. The van der Waals surface area contributed by atoms with Gasteiger partial charge in [0.15, 0.2) is 0 Å². The van der Waals surface area contributed by atoms with Gasteiger partial charge in [0.05, 0.1) is 11.5 Å². The molecule has 0 spiro atoms. The molecule has 1 heterocycles. The summed E-state index contributed by atoms with van der Waals surface area (Å²) in [5, 5.41) is 15.9. The van der Waals surface area contributed by atoms with Gasteiger partial charge in [-0.25, -0.2) is 4.79 Å². The average molecular weight is 364 g/mol. The van der Waals surface area contributed by atoms with Gasteiger partial charge in [0, 0.05) is 25.3 Å². The van der Waals surface area contributed by atoms with Crippen molar-refractivity contribution < 1.29 is 24.0 Å². The summed E-state index contributed by atoms with van der Waals surface area (Å²) >= 11 is 0. The average Bonchev–Trinajstić information content (AvgIpc) is 2.79. The van der Waals surface area contributed by atoms with E-state index in [4.69, 9.17) is 4.74 Å². The molecule has 0 aliphatic carbocycles. The molecule has 1 aliphatic rings. The van der Waals surface area contributed by atoms with Gasteiger partial charge in [0.1, 0.15) is 12.1 Å². The zero-order valence-corrected chi connectivity index (χ0v) is 14.6. The van der Waals surface area contributed by atoms with Crippen LogP contribution in [0.3, 0.4) is 0 Å². The zero-order chi connectivity index (χ0) is 19.5. The maximum absolute atomic E-state index is 12.7. The summed E-state index contributed by atoms with van der Waals surface area (Å²) in [4.78, 5) is 47.9. The van der Waals surface area contributed by atoms with E-state index in [-0.39, 0.29) is 11.7 Å². The Morgan fingerprint density at radius 2 is 2.00 bits per heavy atom. The molecule has 1 aliphatic heterocycles. The number of nitrogens with zero attached hydrogens (tertiary/aromatic N) is 2.